The first-order valence-corrected chi connectivity index (χ1v) is 13.6. The van der Waals surface area contributed by atoms with E-state index in [0.29, 0.717) is 36.4 Å². The van der Waals surface area contributed by atoms with Crippen LogP contribution in [0.4, 0.5) is 36.8 Å². The van der Waals surface area contributed by atoms with E-state index in [-0.39, 0.29) is 30.0 Å². The molecule has 6 nitrogen and oxygen atoms in total. The van der Waals surface area contributed by atoms with Crippen molar-refractivity contribution in [2.45, 2.75) is 71.0 Å². The first-order chi connectivity index (χ1) is 19.6. The number of benzene rings is 2. The molecule has 1 aliphatic heterocycles. The lowest BCUT2D eigenvalue weighted by molar-refractivity contribution is -0.143. The summed E-state index contributed by atoms with van der Waals surface area (Å²) in [4.78, 5) is 26.6. The molecule has 228 valence electrons. The molecule has 1 N–H and O–H groups in total. The van der Waals surface area contributed by atoms with Crippen molar-refractivity contribution in [3.05, 3.63) is 64.2 Å². The van der Waals surface area contributed by atoms with Gasteiger partial charge in [0.05, 0.1) is 24.3 Å². The van der Waals surface area contributed by atoms with Crippen molar-refractivity contribution in [2.75, 3.05) is 19.0 Å². The van der Waals surface area contributed by atoms with Crippen molar-refractivity contribution in [1.29, 1.82) is 0 Å². The minimum Gasteiger partial charge on any atom is -0.496 e. The van der Waals surface area contributed by atoms with E-state index < -0.39 is 41.7 Å². The predicted molar refractivity (Wildman–Crippen MR) is 144 cm³/mol. The number of allylic oxidation sites excluding steroid dienone is 1. The number of ether oxygens (including phenoxy) is 2. The number of anilines is 1. The quantitative estimate of drug-likeness (QED) is 0.326. The minimum absolute atomic E-state index is 0.0485. The fourth-order valence-corrected chi connectivity index (χ4v) is 5.28. The number of nitrogens with one attached hydrogen (secondary N) is 1. The van der Waals surface area contributed by atoms with Crippen LogP contribution in [0.5, 0.6) is 5.75 Å². The molecule has 2 atom stereocenters. The summed E-state index contributed by atoms with van der Waals surface area (Å²) in [6, 6.07) is 5.65. The molecule has 0 unspecified atom stereocenters. The van der Waals surface area contributed by atoms with Gasteiger partial charge >= 0.3 is 18.4 Å². The van der Waals surface area contributed by atoms with Crippen molar-refractivity contribution in [1.82, 2.24) is 4.90 Å². The van der Waals surface area contributed by atoms with Gasteiger partial charge in [0, 0.05) is 23.7 Å². The molecule has 0 aromatic heterocycles. The van der Waals surface area contributed by atoms with E-state index in [2.05, 4.69) is 5.32 Å². The van der Waals surface area contributed by atoms with Crippen LogP contribution in [0.3, 0.4) is 0 Å². The lowest BCUT2D eigenvalue weighted by Gasteiger charge is -2.28. The van der Waals surface area contributed by atoms with Crippen LogP contribution in [0.15, 0.2) is 42.0 Å². The Morgan fingerprint density at radius 2 is 1.64 bits per heavy atom. The number of rotatable bonds is 7. The number of carbonyl (C=O) groups is 2. The Morgan fingerprint density at radius 3 is 2.21 bits per heavy atom. The van der Waals surface area contributed by atoms with Gasteiger partial charge in [-0.05, 0) is 85.7 Å². The molecule has 0 radical (unpaired) electrons. The molecule has 0 spiro atoms. The molecule has 2 aromatic carbocycles. The highest BCUT2D eigenvalue weighted by molar-refractivity contribution is 5.93. The topological polar surface area (TPSA) is 67.9 Å². The van der Waals surface area contributed by atoms with E-state index in [1.54, 1.807) is 32.0 Å². The van der Waals surface area contributed by atoms with Crippen LogP contribution >= 0.6 is 0 Å². The van der Waals surface area contributed by atoms with Gasteiger partial charge in [-0.15, -0.1) is 0 Å². The number of halogens is 6. The zero-order valence-electron chi connectivity index (χ0n) is 23.6. The average Bonchev–Trinajstić information content (AvgIpc) is 3.20. The number of nitrogens with zero attached hydrogens (tertiary/aromatic N) is 1. The van der Waals surface area contributed by atoms with Crippen LogP contribution in [0.1, 0.15) is 74.8 Å². The van der Waals surface area contributed by atoms with E-state index >= 15 is 0 Å². The van der Waals surface area contributed by atoms with E-state index in [0.717, 1.165) is 29.6 Å². The van der Waals surface area contributed by atoms with Crippen LogP contribution in [-0.2, 0) is 21.9 Å². The maximum absolute atomic E-state index is 13.5. The highest BCUT2D eigenvalue weighted by Gasteiger charge is 2.43. The Morgan fingerprint density at radius 1 is 1.02 bits per heavy atom. The van der Waals surface area contributed by atoms with Crippen molar-refractivity contribution < 1.29 is 45.4 Å². The third kappa shape index (κ3) is 6.68. The number of amides is 2. The van der Waals surface area contributed by atoms with Crippen LogP contribution in [0.2, 0.25) is 0 Å². The van der Waals surface area contributed by atoms with Gasteiger partial charge in [0.25, 0.3) is 0 Å². The summed E-state index contributed by atoms with van der Waals surface area (Å²) in [7, 11) is 1.52. The van der Waals surface area contributed by atoms with Crippen molar-refractivity contribution in [3.63, 3.8) is 0 Å². The van der Waals surface area contributed by atoms with Gasteiger partial charge < -0.3 is 14.8 Å². The zero-order chi connectivity index (χ0) is 31.0. The van der Waals surface area contributed by atoms with Gasteiger partial charge in [0.2, 0.25) is 5.91 Å². The second-order valence-corrected chi connectivity index (χ2v) is 10.9. The Bertz CT molecular complexity index is 1350. The summed E-state index contributed by atoms with van der Waals surface area (Å²) >= 11 is 0. The highest BCUT2D eigenvalue weighted by Crippen LogP contribution is 2.43. The number of cyclic esters (lactones) is 1. The van der Waals surface area contributed by atoms with Gasteiger partial charge in [0.1, 0.15) is 11.9 Å². The van der Waals surface area contributed by atoms with Crippen molar-refractivity contribution in [2.24, 2.45) is 5.92 Å². The van der Waals surface area contributed by atoms with Crippen LogP contribution in [0.25, 0.3) is 5.57 Å². The molecule has 1 saturated heterocycles. The Kier molecular flexibility index (Phi) is 8.84. The second kappa shape index (κ2) is 11.9. The van der Waals surface area contributed by atoms with Crippen LogP contribution in [0, 0.1) is 5.92 Å². The standard InChI is InChI=1S/C30H32F6N2O4/c1-16(2)27(39)37-22-9-10-25(41-4)24(14-22)23-8-6-5-7-18(23)15-38-17(3)26(42-28(38)40)19-11-20(29(31,32)33)13-21(12-19)30(34,35)36/h9-14,16-17,26H,5-8,15H2,1-4H3,(H,37,39)/t17-,26-/m0/s1. The molecule has 2 aliphatic rings. The average molecular weight is 599 g/mol. The monoisotopic (exact) mass is 598 g/mol. The smallest absolute Gasteiger partial charge is 0.416 e. The number of methoxy groups -OCH3 is 1. The maximum atomic E-state index is 13.5. The molecule has 2 amide bonds. The van der Waals surface area contributed by atoms with Gasteiger partial charge in [-0.2, -0.15) is 26.3 Å². The van der Waals surface area contributed by atoms with E-state index in [1.807, 2.05) is 0 Å². The summed E-state index contributed by atoms with van der Waals surface area (Å²) < 4.78 is 91.7. The van der Waals surface area contributed by atoms with Gasteiger partial charge in [-0.1, -0.05) is 13.8 Å². The lowest BCUT2D eigenvalue weighted by Crippen LogP contribution is -2.34. The predicted octanol–water partition coefficient (Wildman–Crippen LogP) is 8.24. The molecule has 1 aliphatic carbocycles. The Hall–Kier alpha value is -3.70. The third-order valence-corrected chi connectivity index (χ3v) is 7.59. The van der Waals surface area contributed by atoms with Gasteiger partial charge in [0.15, 0.2) is 0 Å². The summed E-state index contributed by atoms with van der Waals surface area (Å²) in [5.74, 6) is 0.164. The molecule has 4 rings (SSSR count). The van der Waals surface area contributed by atoms with Crippen LogP contribution < -0.4 is 10.1 Å². The maximum Gasteiger partial charge on any atom is 0.416 e. The van der Waals surface area contributed by atoms with E-state index in [1.165, 1.54) is 18.9 Å². The van der Waals surface area contributed by atoms with Crippen molar-refractivity contribution >= 4 is 23.3 Å². The molecule has 1 fully saturated rings. The highest BCUT2D eigenvalue weighted by atomic mass is 19.4. The van der Waals surface area contributed by atoms with E-state index in [4.69, 9.17) is 9.47 Å². The summed E-state index contributed by atoms with van der Waals surface area (Å²) in [6.45, 7) is 5.15. The number of hydrogen-bond donors (Lipinski definition) is 1. The molecule has 2 aromatic rings. The van der Waals surface area contributed by atoms with E-state index in [9.17, 15) is 35.9 Å². The number of carbonyl (C=O) groups excluding carboxylic acids is 2. The molecular weight excluding hydrogens is 566 g/mol. The number of hydrogen-bond acceptors (Lipinski definition) is 4. The lowest BCUT2D eigenvalue weighted by atomic mass is 9.86. The van der Waals surface area contributed by atoms with Gasteiger partial charge in [-0.25, -0.2) is 4.79 Å². The summed E-state index contributed by atoms with van der Waals surface area (Å²) in [5, 5.41) is 2.87. The van der Waals surface area contributed by atoms with Crippen molar-refractivity contribution in [3.8, 4) is 5.75 Å². The largest absolute Gasteiger partial charge is 0.496 e. The Labute approximate surface area is 239 Å². The normalized spacial score (nSPS) is 19.8. The van der Waals surface area contributed by atoms with Gasteiger partial charge in [-0.3, -0.25) is 9.69 Å². The van der Waals surface area contributed by atoms with Crippen LogP contribution in [-0.4, -0.2) is 36.6 Å². The molecular formula is C30H32F6N2O4. The fraction of sp³-hybridized carbons (Fsp3) is 0.467. The summed E-state index contributed by atoms with van der Waals surface area (Å²) in [6.07, 6.45) is -9.26. The fourth-order valence-electron chi connectivity index (χ4n) is 5.28. The molecule has 0 saturated carbocycles. The number of alkyl halides is 6. The minimum atomic E-state index is -5.02. The Balaban J connectivity index is 1.68. The molecule has 42 heavy (non-hydrogen) atoms. The summed E-state index contributed by atoms with van der Waals surface area (Å²) in [5.41, 5.74) is -0.240. The third-order valence-electron chi connectivity index (χ3n) is 7.59. The first kappa shape index (κ1) is 31.2. The SMILES string of the molecule is COc1ccc(NC(=O)C(C)C)cc1C1=C(CN2C(=O)O[C@H](c3cc(C(F)(F)F)cc(C(F)(F)F)c3)[C@@H]2C)CCCC1. The molecule has 1 heterocycles. The second-order valence-electron chi connectivity index (χ2n) is 10.9. The molecule has 0 bridgehead atoms. The first-order valence-electron chi connectivity index (χ1n) is 13.6. The zero-order valence-corrected chi connectivity index (χ0v) is 23.6. The molecule has 12 heteroatoms.